The molecule has 0 saturated heterocycles. The molecular formula is C41H26N4. The molecule has 0 fully saturated rings. The molecule has 0 aliphatic rings. The zero-order valence-corrected chi connectivity index (χ0v) is 24.3. The quantitative estimate of drug-likeness (QED) is 0.210. The summed E-state index contributed by atoms with van der Waals surface area (Å²) in [5.41, 5.74) is 6.33. The third-order valence-electron chi connectivity index (χ3n) is 8.63. The third-order valence-corrected chi connectivity index (χ3v) is 8.63. The topological polar surface area (TPSA) is 43.6 Å². The fourth-order valence-electron chi connectivity index (χ4n) is 6.55. The number of hydrogen-bond donors (Lipinski definition) is 0. The summed E-state index contributed by atoms with van der Waals surface area (Å²) in [4.78, 5) is 15.2. The summed E-state index contributed by atoms with van der Waals surface area (Å²) in [5, 5.41) is 7.09. The van der Waals surface area contributed by atoms with Gasteiger partial charge in [-0.05, 0) is 57.9 Å². The molecule has 0 unspecified atom stereocenters. The van der Waals surface area contributed by atoms with Crippen LogP contribution in [0.5, 0.6) is 0 Å². The van der Waals surface area contributed by atoms with Crippen LogP contribution in [0.3, 0.4) is 0 Å². The van der Waals surface area contributed by atoms with E-state index in [-0.39, 0.29) is 0 Å². The molecule has 0 amide bonds. The first-order valence-corrected chi connectivity index (χ1v) is 15.1. The Morgan fingerprint density at radius 3 is 1.78 bits per heavy atom. The summed E-state index contributed by atoms with van der Waals surface area (Å²) < 4.78 is 2.35. The first-order valence-electron chi connectivity index (χ1n) is 15.1. The van der Waals surface area contributed by atoms with Gasteiger partial charge >= 0.3 is 0 Å². The van der Waals surface area contributed by atoms with Crippen LogP contribution in [0.25, 0.3) is 83.2 Å². The van der Waals surface area contributed by atoms with E-state index in [4.69, 9.17) is 15.0 Å². The van der Waals surface area contributed by atoms with E-state index in [1.807, 2.05) is 18.2 Å². The highest BCUT2D eigenvalue weighted by Gasteiger charge is 2.18. The molecule has 210 valence electrons. The van der Waals surface area contributed by atoms with Gasteiger partial charge in [0.1, 0.15) is 0 Å². The Morgan fingerprint density at radius 1 is 0.378 bits per heavy atom. The van der Waals surface area contributed by atoms with E-state index in [0.29, 0.717) is 17.5 Å². The maximum absolute atomic E-state index is 5.13. The van der Waals surface area contributed by atoms with E-state index >= 15 is 0 Å². The van der Waals surface area contributed by atoms with Crippen LogP contribution in [0.2, 0.25) is 0 Å². The van der Waals surface area contributed by atoms with Crippen LogP contribution >= 0.6 is 0 Å². The molecule has 4 heteroatoms. The van der Waals surface area contributed by atoms with Crippen molar-refractivity contribution < 1.29 is 0 Å². The summed E-state index contributed by atoms with van der Waals surface area (Å²) >= 11 is 0. The lowest BCUT2D eigenvalue weighted by Gasteiger charge is -2.11. The Labute approximate surface area is 259 Å². The first-order chi connectivity index (χ1) is 22.3. The van der Waals surface area contributed by atoms with Crippen molar-refractivity contribution in [2.45, 2.75) is 0 Å². The fraction of sp³-hybridized carbons (Fsp3) is 0. The van der Waals surface area contributed by atoms with Crippen molar-refractivity contribution in [3.05, 3.63) is 158 Å². The van der Waals surface area contributed by atoms with Crippen molar-refractivity contribution in [1.29, 1.82) is 0 Å². The van der Waals surface area contributed by atoms with Crippen LogP contribution in [0.4, 0.5) is 0 Å². The number of nitrogens with zero attached hydrogens (tertiary/aromatic N) is 4. The molecule has 0 N–H and O–H groups in total. The minimum Gasteiger partial charge on any atom is -0.309 e. The van der Waals surface area contributed by atoms with Crippen LogP contribution in [0, 0.1) is 0 Å². The number of hydrogen-bond acceptors (Lipinski definition) is 3. The summed E-state index contributed by atoms with van der Waals surface area (Å²) in [6, 6.07) is 55.0. The molecule has 9 aromatic rings. The molecule has 0 saturated carbocycles. The molecule has 0 atom stereocenters. The monoisotopic (exact) mass is 574 g/mol. The predicted octanol–water partition coefficient (Wildman–Crippen LogP) is 10.3. The lowest BCUT2D eigenvalue weighted by atomic mass is 10.0. The number of rotatable bonds is 4. The highest BCUT2D eigenvalue weighted by molar-refractivity contribution is 6.21. The van der Waals surface area contributed by atoms with Gasteiger partial charge in [0.2, 0.25) is 0 Å². The summed E-state index contributed by atoms with van der Waals surface area (Å²) in [6.45, 7) is 0. The highest BCUT2D eigenvalue weighted by Crippen LogP contribution is 2.39. The molecule has 2 aromatic heterocycles. The van der Waals surface area contributed by atoms with Gasteiger partial charge in [0.25, 0.3) is 0 Å². The van der Waals surface area contributed by atoms with E-state index in [0.717, 1.165) is 44.1 Å². The lowest BCUT2D eigenvalue weighted by Crippen LogP contribution is -2.00. The SMILES string of the molecule is c1ccc(-c2nc(-c3ccc4c(c3)c3c5ccccc5ccc3n4-c3ccccc3)nc(-c3cccc4ccccc34)n2)cc1. The van der Waals surface area contributed by atoms with Crippen molar-refractivity contribution in [2.75, 3.05) is 0 Å². The molecule has 0 spiro atoms. The van der Waals surface area contributed by atoms with Crippen LogP contribution in [-0.2, 0) is 0 Å². The molecule has 45 heavy (non-hydrogen) atoms. The Kier molecular flexibility index (Phi) is 5.78. The lowest BCUT2D eigenvalue weighted by molar-refractivity contribution is 1.08. The summed E-state index contributed by atoms with van der Waals surface area (Å²) in [7, 11) is 0. The summed E-state index contributed by atoms with van der Waals surface area (Å²) in [6.07, 6.45) is 0. The molecule has 9 rings (SSSR count). The van der Waals surface area contributed by atoms with E-state index in [1.165, 1.54) is 21.7 Å². The van der Waals surface area contributed by atoms with Crippen molar-refractivity contribution in [2.24, 2.45) is 0 Å². The molecule has 0 aliphatic heterocycles. The molecule has 0 bridgehead atoms. The minimum atomic E-state index is 0.648. The Balaban J connectivity index is 1.34. The van der Waals surface area contributed by atoms with Crippen LogP contribution in [-0.4, -0.2) is 19.5 Å². The van der Waals surface area contributed by atoms with E-state index in [9.17, 15) is 0 Å². The second-order valence-electron chi connectivity index (χ2n) is 11.3. The smallest absolute Gasteiger partial charge is 0.164 e. The second-order valence-corrected chi connectivity index (χ2v) is 11.3. The largest absolute Gasteiger partial charge is 0.309 e. The molecule has 4 nitrogen and oxygen atoms in total. The van der Waals surface area contributed by atoms with Crippen molar-refractivity contribution in [3.8, 4) is 39.9 Å². The average Bonchev–Trinajstić information content (AvgIpc) is 3.46. The second kappa shape index (κ2) is 10.2. The standard InChI is InChI=1S/C41H26N4/c1-3-14-29(15-4-1)39-42-40(44-41(43-39)34-21-11-16-27-12-7-9-19-32(27)34)30-23-24-36-35(26-30)38-33-20-10-8-13-28(33)22-25-37(38)45(36)31-17-5-2-6-18-31/h1-26H. The van der Waals surface area contributed by atoms with Gasteiger partial charge in [0.15, 0.2) is 17.5 Å². The maximum atomic E-state index is 5.13. The van der Waals surface area contributed by atoms with Gasteiger partial charge in [-0.2, -0.15) is 0 Å². The molecular weight excluding hydrogens is 548 g/mol. The summed E-state index contributed by atoms with van der Waals surface area (Å²) in [5.74, 6) is 1.96. The van der Waals surface area contributed by atoms with Gasteiger partial charge in [0, 0.05) is 33.2 Å². The number of aromatic nitrogens is 4. The maximum Gasteiger partial charge on any atom is 0.164 e. The predicted molar refractivity (Wildman–Crippen MR) is 185 cm³/mol. The van der Waals surface area contributed by atoms with Gasteiger partial charge in [-0.3, -0.25) is 0 Å². The molecule has 0 aliphatic carbocycles. The average molecular weight is 575 g/mol. The van der Waals surface area contributed by atoms with Gasteiger partial charge in [-0.15, -0.1) is 0 Å². The minimum absolute atomic E-state index is 0.648. The molecule has 7 aromatic carbocycles. The number of para-hydroxylation sites is 1. The molecule has 0 radical (unpaired) electrons. The van der Waals surface area contributed by atoms with Gasteiger partial charge in [-0.1, -0.05) is 121 Å². The number of fused-ring (bicyclic) bond motifs is 6. The zero-order chi connectivity index (χ0) is 29.7. The van der Waals surface area contributed by atoms with Crippen LogP contribution in [0.1, 0.15) is 0 Å². The zero-order valence-electron chi connectivity index (χ0n) is 24.3. The van der Waals surface area contributed by atoms with Gasteiger partial charge in [0.05, 0.1) is 11.0 Å². The first kappa shape index (κ1) is 25.4. The van der Waals surface area contributed by atoms with E-state index < -0.39 is 0 Å². The Morgan fingerprint density at radius 2 is 0.978 bits per heavy atom. The fourth-order valence-corrected chi connectivity index (χ4v) is 6.55. The van der Waals surface area contributed by atoms with Crippen LogP contribution in [0.15, 0.2) is 158 Å². The van der Waals surface area contributed by atoms with Gasteiger partial charge in [-0.25, -0.2) is 15.0 Å². The van der Waals surface area contributed by atoms with Crippen molar-refractivity contribution in [3.63, 3.8) is 0 Å². The normalized spacial score (nSPS) is 11.6. The van der Waals surface area contributed by atoms with Crippen LogP contribution < -0.4 is 0 Å². The Hall–Kier alpha value is -6.13. The highest BCUT2D eigenvalue weighted by atomic mass is 15.0. The Bertz CT molecular complexity index is 2530. The third kappa shape index (κ3) is 4.19. The van der Waals surface area contributed by atoms with Crippen molar-refractivity contribution in [1.82, 2.24) is 19.5 Å². The van der Waals surface area contributed by atoms with Crippen molar-refractivity contribution >= 4 is 43.4 Å². The van der Waals surface area contributed by atoms with Gasteiger partial charge < -0.3 is 4.57 Å². The van der Waals surface area contributed by atoms with E-state index in [1.54, 1.807) is 0 Å². The molecule has 2 heterocycles. The van der Waals surface area contributed by atoms with E-state index in [2.05, 4.69) is 144 Å². The number of benzene rings is 7.